The molecule has 0 nitrogen and oxygen atoms in total. The van der Waals surface area contributed by atoms with E-state index in [0.29, 0.717) is 15.2 Å². The van der Waals surface area contributed by atoms with Gasteiger partial charge < -0.3 is 6.92 Å². The maximum atomic E-state index is 3.60. The van der Waals surface area contributed by atoms with Crippen molar-refractivity contribution in [3.63, 3.8) is 0 Å². The van der Waals surface area contributed by atoms with Crippen molar-refractivity contribution in [3.05, 3.63) is 6.92 Å². The van der Waals surface area contributed by atoms with Crippen LogP contribution in [0.3, 0.4) is 0 Å². The van der Waals surface area contributed by atoms with Gasteiger partial charge >= 0.3 is 18.9 Å². The van der Waals surface area contributed by atoms with Crippen LogP contribution in [0, 0.1) is 59.6 Å². The summed E-state index contributed by atoms with van der Waals surface area (Å²) in [5, 5.41) is 3.08. The Kier molecular flexibility index (Phi) is 37.9. The summed E-state index contributed by atoms with van der Waals surface area (Å²) in [6, 6.07) is 0. The number of hydrogen-bond donors (Lipinski definition) is 0. The first kappa shape index (κ1) is 26.1. The Hall–Kier alpha value is 2.48. The third kappa shape index (κ3) is 38.4. The van der Waals surface area contributed by atoms with Crippen LogP contribution in [0.15, 0.2) is 0 Å². The van der Waals surface area contributed by atoms with Crippen LogP contribution in [-0.2, 0) is 0 Å². The van der Waals surface area contributed by atoms with Gasteiger partial charge in [0.15, 0.2) is 0 Å². The van der Waals surface area contributed by atoms with Gasteiger partial charge in [0.1, 0.15) is 0 Å². The van der Waals surface area contributed by atoms with Crippen LogP contribution < -0.4 is 18.9 Å². The maximum Gasteiger partial charge on any atom is 1.00 e. The second-order valence-electron chi connectivity index (χ2n) is 4.57. The van der Waals surface area contributed by atoms with Gasteiger partial charge in [0, 0.05) is 40.8 Å². The molecule has 0 saturated carbocycles. The van der Waals surface area contributed by atoms with Crippen molar-refractivity contribution in [3.8, 4) is 0 Å². The second-order valence-corrected chi connectivity index (χ2v) is 6.43. The van der Waals surface area contributed by atoms with Crippen LogP contribution in [0.5, 0.6) is 0 Å². The molecule has 0 bridgehead atoms. The van der Waals surface area contributed by atoms with Gasteiger partial charge in [-0.2, -0.15) is 6.42 Å². The van der Waals surface area contributed by atoms with Gasteiger partial charge in [-0.15, -0.1) is 0 Å². The Bertz CT molecular complexity index is 77.7. The zero-order valence-corrected chi connectivity index (χ0v) is 16.5. The van der Waals surface area contributed by atoms with Crippen molar-refractivity contribution in [1.29, 1.82) is 0 Å². The average Bonchev–Trinajstić information content (AvgIpc) is 2.03. The molecule has 0 aromatic rings. The molecule has 0 amide bonds. The van der Waals surface area contributed by atoms with Crippen LogP contribution in [0.2, 0.25) is 10.6 Å². The first-order valence-electron chi connectivity index (χ1n) is 5.83. The van der Waals surface area contributed by atoms with Crippen LogP contribution in [0.25, 0.3) is 0 Å². The summed E-state index contributed by atoms with van der Waals surface area (Å²) < 4.78 is 0. The van der Waals surface area contributed by atoms with E-state index < -0.39 is 0 Å². The minimum Gasteiger partial charge on any atom is -0.343 e. The largest absolute Gasteiger partial charge is 1.00 e. The Morgan fingerprint density at radius 1 is 1.00 bits per heavy atom. The van der Waals surface area contributed by atoms with Crippen LogP contribution in [-0.4, -0.2) is 15.2 Å². The van der Waals surface area contributed by atoms with E-state index in [-0.39, 0.29) is 59.7 Å². The molecule has 0 fully saturated rings. The predicted molar refractivity (Wildman–Crippen MR) is 66.7 cm³/mol. The van der Waals surface area contributed by atoms with Crippen molar-refractivity contribution in [1.82, 2.24) is 0 Å². The van der Waals surface area contributed by atoms with Crippen LogP contribution in [0.4, 0.5) is 0 Å². The zero-order valence-electron chi connectivity index (χ0n) is 11.9. The summed E-state index contributed by atoms with van der Waals surface area (Å²) in [5.41, 5.74) is 0. The van der Waals surface area contributed by atoms with Gasteiger partial charge in [-0.3, -0.25) is 0 Å². The molecule has 0 heterocycles. The molecule has 0 unspecified atom stereocenters. The summed E-state index contributed by atoms with van der Waals surface area (Å²) in [4.78, 5) is 0. The molecule has 0 radical (unpaired) electrons. The van der Waals surface area contributed by atoms with Crippen molar-refractivity contribution >= 4 is 15.2 Å². The van der Waals surface area contributed by atoms with Gasteiger partial charge in [0.25, 0.3) is 0 Å². The molecule has 0 aromatic heterocycles. The first-order valence-corrected chi connectivity index (χ1v) is 7.83. The minimum absolute atomic E-state index is 0. The van der Waals surface area contributed by atoms with E-state index in [4.69, 9.17) is 0 Å². The van der Waals surface area contributed by atoms with E-state index >= 15 is 0 Å². The van der Waals surface area contributed by atoms with Crippen molar-refractivity contribution in [2.75, 3.05) is 0 Å². The molecular formula is C12H28AlLiNd. The van der Waals surface area contributed by atoms with Crippen LogP contribution >= 0.6 is 0 Å². The predicted octanol–water partition coefficient (Wildman–Crippen LogP) is 1.20. The number of hydrogen-bond acceptors (Lipinski definition) is 0. The third-order valence-electron chi connectivity index (χ3n) is 1.92. The van der Waals surface area contributed by atoms with Crippen molar-refractivity contribution in [2.45, 2.75) is 58.0 Å². The van der Waals surface area contributed by atoms with Crippen molar-refractivity contribution < 1.29 is 59.7 Å². The minimum atomic E-state index is 0. The van der Waals surface area contributed by atoms with E-state index in [1.54, 1.807) is 0 Å². The fraction of sp³-hybridized carbons (Fsp3) is 0.917. The molecular weight excluding hydrogens is 322 g/mol. The Labute approximate surface area is 150 Å². The summed E-state index contributed by atoms with van der Waals surface area (Å²) in [6.45, 7) is 15.0. The molecule has 0 rings (SSSR count). The summed E-state index contributed by atoms with van der Waals surface area (Å²) in [5.74, 6) is 1.91. The number of unbranched alkanes of at least 4 members (excludes halogenated alkanes) is 1. The molecule has 3 heteroatoms. The molecule has 0 aliphatic rings. The molecule has 0 atom stereocenters. The molecule has 15 heavy (non-hydrogen) atoms. The topological polar surface area (TPSA) is 0 Å². The standard InChI is InChI=1S/3C4H9.Al.Li.Nd.H/c2*1-4(2)3;1-3-4-2;;;;/h2*4H,1H2,2-3H3;1,3-4H2,2H3;;;;/q;;-1;;+1;;. The molecule has 0 spiro atoms. The summed E-state index contributed by atoms with van der Waals surface area (Å²) in [6.07, 6.45) is 2.28. The summed E-state index contributed by atoms with van der Waals surface area (Å²) >= 11 is 0.316. The van der Waals surface area contributed by atoms with E-state index in [2.05, 4.69) is 41.5 Å². The molecule has 0 aliphatic carbocycles. The molecule has 0 aromatic carbocycles. The quantitative estimate of drug-likeness (QED) is 0.516. The van der Waals surface area contributed by atoms with E-state index in [1.165, 1.54) is 17.0 Å². The molecule has 0 aliphatic heterocycles. The Morgan fingerprint density at radius 3 is 1.40 bits per heavy atom. The molecule has 0 saturated heterocycles. The third-order valence-corrected chi connectivity index (χ3v) is 5.04. The van der Waals surface area contributed by atoms with Gasteiger partial charge in [0.05, 0.1) is 0 Å². The Balaban J connectivity index is -0.0000000883. The van der Waals surface area contributed by atoms with E-state index in [0.717, 1.165) is 18.3 Å². The molecule has 0 N–H and O–H groups in total. The van der Waals surface area contributed by atoms with Gasteiger partial charge in [-0.25, -0.2) is 0 Å². The van der Waals surface area contributed by atoms with E-state index in [1.807, 2.05) is 0 Å². The maximum absolute atomic E-state index is 3.60. The molecule has 84 valence electrons. The van der Waals surface area contributed by atoms with Crippen molar-refractivity contribution in [2.24, 2.45) is 11.8 Å². The second kappa shape index (κ2) is 21.7. The fourth-order valence-corrected chi connectivity index (χ4v) is 2.80. The number of rotatable bonds is 5. The normalized spacial score (nSPS) is 8.53. The fourth-order valence-electron chi connectivity index (χ4n) is 0.934. The average molecular weight is 351 g/mol. The van der Waals surface area contributed by atoms with E-state index in [9.17, 15) is 0 Å². The first-order chi connectivity index (χ1) is 6.04. The van der Waals surface area contributed by atoms with Gasteiger partial charge in [0.2, 0.25) is 15.2 Å². The SMILES string of the molecule is CC(C)[CH2][AlH][CH2]C(C)C.[CH2-]CCC.[Li+].[Nd]. The zero-order chi connectivity index (χ0) is 10.7. The van der Waals surface area contributed by atoms with Crippen LogP contribution in [0.1, 0.15) is 47.5 Å². The smallest absolute Gasteiger partial charge is 0.343 e. The van der Waals surface area contributed by atoms with Gasteiger partial charge in [-0.05, 0) is 0 Å². The Morgan fingerprint density at radius 2 is 1.27 bits per heavy atom. The van der Waals surface area contributed by atoms with Gasteiger partial charge in [-0.1, -0.05) is 63.4 Å². The summed E-state index contributed by atoms with van der Waals surface area (Å²) in [7, 11) is 0. The monoisotopic (exact) mass is 348 g/mol.